The van der Waals surface area contributed by atoms with E-state index in [1.54, 1.807) is 0 Å². The van der Waals surface area contributed by atoms with E-state index in [-0.39, 0.29) is 54.2 Å². The Morgan fingerprint density at radius 3 is 2.57 bits per heavy atom. The number of halogens is 3. The average Bonchev–Trinajstić information content (AvgIpc) is 3.15. The van der Waals surface area contributed by atoms with E-state index in [0.717, 1.165) is 12.5 Å². The number of hydrogen-bond acceptors (Lipinski definition) is 6. The van der Waals surface area contributed by atoms with Crippen LogP contribution in [-0.2, 0) is 27.1 Å². The molecule has 0 aromatic carbocycles. The molecule has 0 aliphatic heterocycles. The molecule has 6 nitrogen and oxygen atoms in total. The topological polar surface area (TPSA) is 85.7 Å². The zero-order chi connectivity index (χ0) is 21.9. The summed E-state index contributed by atoms with van der Waals surface area (Å²) in [6.45, 7) is 2.49. The number of allylic oxidation sites excluding steroid dienone is 2. The average molecular weight is 427 g/mol. The first-order chi connectivity index (χ1) is 14.2. The van der Waals surface area contributed by atoms with Crippen LogP contribution in [0, 0.1) is 11.8 Å². The van der Waals surface area contributed by atoms with Crippen LogP contribution in [0.5, 0.6) is 0 Å². The van der Waals surface area contributed by atoms with Gasteiger partial charge in [-0.1, -0.05) is 6.92 Å². The number of rotatable bonds is 9. The van der Waals surface area contributed by atoms with Crippen molar-refractivity contribution in [2.24, 2.45) is 11.8 Å². The SMILES string of the molecule is CCCOCCOCc1nc(C(F)(F)F)ccc1C(=O)C1=C(O)C2CCC(C2)C1=O. The summed E-state index contributed by atoms with van der Waals surface area (Å²) in [5, 5.41) is 10.4. The Bertz CT molecular complexity index is 850. The van der Waals surface area contributed by atoms with E-state index in [4.69, 9.17) is 9.47 Å². The van der Waals surface area contributed by atoms with Crippen LogP contribution in [0.25, 0.3) is 0 Å². The van der Waals surface area contributed by atoms with Gasteiger partial charge in [0.2, 0.25) is 5.78 Å². The third kappa shape index (κ3) is 4.73. The van der Waals surface area contributed by atoms with Crippen molar-refractivity contribution in [1.82, 2.24) is 4.98 Å². The minimum absolute atomic E-state index is 0.114. The smallest absolute Gasteiger partial charge is 0.433 e. The summed E-state index contributed by atoms with van der Waals surface area (Å²) in [6, 6.07) is 1.69. The van der Waals surface area contributed by atoms with Crippen molar-refractivity contribution < 1.29 is 37.3 Å². The van der Waals surface area contributed by atoms with E-state index in [1.165, 1.54) is 0 Å². The first-order valence-electron chi connectivity index (χ1n) is 9.98. The van der Waals surface area contributed by atoms with Crippen LogP contribution in [0.2, 0.25) is 0 Å². The lowest BCUT2D eigenvalue weighted by atomic mass is 9.83. The third-order valence-electron chi connectivity index (χ3n) is 5.39. The Labute approximate surface area is 172 Å². The first kappa shape index (κ1) is 22.4. The summed E-state index contributed by atoms with van der Waals surface area (Å²) >= 11 is 0. The second-order valence-corrected chi connectivity index (χ2v) is 7.51. The van der Waals surface area contributed by atoms with Gasteiger partial charge in [-0.25, -0.2) is 4.98 Å². The largest absolute Gasteiger partial charge is 0.511 e. The maximum atomic E-state index is 13.1. The molecule has 0 spiro atoms. The Hall–Kier alpha value is -2.26. The Kier molecular flexibility index (Phi) is 6.92. The quantitative estimate of drug-likeness (QED) is 0.364. The van der Waals surface area contributed by atoms with Crippen molar-refractivity contribution in [2.75, 3.05) is 19.8 Å². The number of carbonyl (C=O) groups is 2. The number of aromatic nitrogens is 1. The van der Waals surface area contributed by atoms with Crippen molar-refractivity contribution in [3.05, 3.63) is 40.4 Å². The van der Waals surface area contributed by atoms with E-state index in [2.05, 4.69) is 4.98 Å². The molecule has 2 atom stereocenters. The van der Waals surface area contributed by atoms with Crippen LogP contribution in [0.15, 0.2) is 23.5 Å². The Balaban J connectivity index is 1.86. The number of fused-ring (bicyclic) bond motifs is 2. The fraction of sp³-hybridized carbons (Fsp3) is 0.571. The van der Waals surface area contributed by atoms with Gasteiger partial charge in [0.1, 0.15) is 17.0 Å². The number of ether oxygens (including phenoxy) is 2. The predicted octanol–water partition coefficient (Wildman–Crippen LogP) is 4.04. The van der Waals surface area contributed by atoms with E-state index >= 15 is 0 Å². The van der Waals surface area contributed by atoms with Gasteiger partial charge in [-0.2, -0.15) is 13.2 Å². The van der Waals surface area contributed by atoms with Gasteiger partial charge in [-0.15, -0.1) is 0 Å². The molecule has 2 aliphatic rings. The van der Waals surface area contributed by atoms with Crippen LogP contribution in [-0.4, -0.2) is 41.5 Å². The summed E-state index contributed by atoms with van der Waals surface area (Å²) in [6.07, 6.45) is -2.17. The van der Waals surface area contributed by atoms with Crippen molar-refractivity contribution in [1.29, 1.82) is 0 Å². The fourth-order valence-corrected chi connectivity index (χ4v) is 3.87. The summed E-state index contributed by atoms with van der Waals surface area (Å²) in [4.78, 5) is 29.2. The number of alkyl halides is 3. The second kappa shape index (κ2) is 9.26. The molecule has 3 rings (SSSR count). The molecule has 1 aromatic heterocycles. The van der Waals surface area contributed by atoms with Crippen LogP contribution in [0.4, 0.5) is 13.2 Å². The number of pyridine rings is 1. The molecule has 2 unspecified atom stereocenters. The van der Waals surface area contributed by atoms with Gasteiger partial charge < -0.3 is 14.6 Å². The molecule has 1 heterocycles. The van der Waals surface area contributed by atoms with E-state index < -0.39 is 23.4 Å². The molecule has 1 aromatic rings. The molecule has 0 amide bonds. The molecular weight excluding hydrogens is 403 g/mol. The van der Waals surface area contributed by atoms with Crippen LogP contribution < -0.4 is 0 Å². The lowest BCUT2D eigenvalue weighted by molar-refractivity contribution is -0.141. The van der Waals surface area contributed by atoms with E-state index in [1.807, 2.05) is 6.92 Å². The van der Waals surface area contributed by atoms with Crippen molar-refractivity contribution in [3.8, 4) is 0 Å². The third-order valence-corrected chi connectivity index (χ3v) is 5.39. The Morgan fingerprint density at radius 1 is 1.17 bits per heavy atom. The lowest BCUT2D eigenvalue weighted by Gasteiger charge is -2.21. The molecule has 0 saturated heterocycles. The molecule has 1 N–H and O–H groups in total. The number of aliphatic hydroxyl groups excluding tert-OH is 1. The zero-order valence-corrected chi connectivity index (χ0v) is 16.6. The second-order valence-electron chi connectivity index (χ2n) is 7.51. The highest BCUT2D eigenvalue weighted by Gasteiger charge is 2.44. The molecule has 164 valence electrons. The van der Waals surface area contributed by atoms with Crippen molar-refractivity contribution >= 4 is 11.6 Å². The van der Waals surface area contributed by atoms with Crippen molar-refractivity contribution in [3.63, 3.8) is 0 Å². The number of Topliss-reactive ketones (excluding diaryl/α,β-unsaturated/α-hetero) is 2. The lowest BCUT2D eigenvalue weighted by Crippen LogP contribution is -2.28. The van der Waals surface area contributed by atoms with E-state index in [0.29, 0.717) is 31.9 Å². The minimum atomic E-state index is -4.69. The zero-order valence-electron chi connectivity index (χ0n) is 16.6. The predicted molar refractivity (Wildman–Crippen MR) is 99.8 cm³/mol. The van der Waals surface area contributed by atoms with Crippen LogP contribution in [0.3, 0.4) is 0 Å². The van der Waals surface area contributed by atoms with Crippen LogP contribution >= 0.6 is 0 Å². The highest BCUT2D eigenvalue weighted by Crippen LogP contribution is 2.43. The number of nitrogens with zero attached hydrogens (tertiary/aromatic N) is 1. The van der Waals surface area contributed by atoms with Gasteiger partial charge in [-0.3, -0.25) is 9.59 Å². The standard InChI is InChI=1S/C21H24F3NO5/c1-2-7-29-8-9-30-11-15-14(5-6-16(25-15)21(22,23)24)20(28)17-18(26)12-3-4-13(10-12)19(17)27/h5-6,12-13,26H,2-4,7-11H2,1H3. The Morgan fingerprint density at radius 2 is 1.87 bits per heavy atom. The van der Waals surface area contributed by atoms with Gasteiger partial charge in [-0.05, 0) is 37.8 Å². The monoisotopic (exact) mass is 427 g/mol. The van der Waals surface area contributed by atoms with Gasteiger partial charge in [0.05, 0.1) is 25.5 Å². The number of ketones is 2. The molecule has 1 saturated carbocycles. The van der Waals surface area contributed by atoms with Crippen LogP contribution in [0.1, 0.15) is 54.4 Å². The summed E-state index contributed by atoms with van der Waals surface area (Å²) in [7, 11) is 0. The number of carbonyl (C=O) groups excluding carboxylic acids is 2. The minimum Gasteiger partial charge on any atom is -0.511 e. The molecule has 2 aliphatic carbocycles. The van der Waals surface area contributed by atoms with Gasteiger partial charge in [0, 0.05) is 24.0 Å². The molecule has 9 heteroatoms. The van der Waals surface area contributed by atoms with E-state index in [9.17, 15) is 27.9 Å². The number of aliphatic hydroxyl groups is 1. The molecule has 2 bridgehead atoms. The number of hydrogen-bond donors (Lipinski definition) is 1. The van der Waals surface area contributed by atoms with Gasteiger partial charge >= 0.3 is 6.18 Å². The van der Waals surface area contributed by atoms with Gasteiger partial charge in [0.25, 0.3) is 0 Å². The molecular formula is C21H24F3NO5. The fourth-order valence-electron chi connectivity index (χ4n) is 3.87. The van der Waals surface area contributed by atoms with Gasteiger partial charge in [0.15, 0.2) is 5.78 Å². The maximum absolute atomic E-state index is 13.1. The summed E-state index contributed by atoms with van der Waals surface area (Å²) < 4.78 is 49.9. The summed E-state index contributed by atoms with van der Waals surface area (Å²) in [5.41, 5.74) is -1.89. The molecule has 30 heavy (non-hydrogen) atoms. The highest BCUT2D eigenvalue weighted by atomic mass is 19.4. The highest BCUT2D eigenvalue weighted by molar-refractivity contribution is 6.28. The normalized spacial score (nSPS) is 21.4. The molecule has 1 fully saturated rings. The summed E-state index contributed by atoms with van der Waals surface area (Å²) in [5.74, 6) is -2.12. The first-order valence-corrected chi connectivity index (χ1v) is 9.98. The maximum Gasteiger partial charge on any atom is 0.433 e. The van der Waals surface area contributed by atoms with Crippen molar-refractivity contribution in [2.45, 2.75) is 45.4 Å². The molecule has 0 radical (unpaired) electrons.